The van der Waals surface area contributed by atoms with E-state index in [-0.39, 0.29) is 18.0 Å². The number of hydrogen-bond donors (Lipinski definition) is 0. The number of aryl methyl sites for hydroxylation is 1. The van der Waals surface area contributed by atoms with E-state index >= 15 is 0 Å². The molecule has 0 aliphatic carbocycles. The van der Waals surface area contributed by atoms with Crippen LogP contribution < -0.4 is 5.56 Å². The number of furan rings is 1. The van der Waals surface area contributed by atoms with Crippen LogP contribution in [0.25, 0.3) is 10.9 Å². The molecule has 7 heteroatoms. The Morgan fingerprint density at radius 1 is 1.15 bits per heavy atom. The molecule has 170 valence electrons. The summed E-state index contributed by atoms with van der Waals surface area (Å²) in [7, 11) is 0. The first kappa shape index (κ1) is 22.8. The molecule has 0 saturated heterocycles. The number of halogens is 1. The topological polar surface area (TPSA) is 68.3 Å². The second kappa shape index (κ2) is 9.63. The van der Waals surface area contributed by atoms with E-state index in [1.165, 1.54) is 0 Å². The molecule has 0 aliphatic rings. The molecule has 2 heterocycles. The molecular formula is C26H26ClN3O3. The molecule has 4 rings (SSSR count). The summed E-state index contributed by atoms with van der Waals surface area (Å²) in [6, 6.07) is 15.8. The number of rotatable bonds is 7. The maximum absolute atomic E-state index is 13.6. The first-order chi connectivity index (χ1) is 15.9. The Morgan fingerprint density at radius 2 is 1.91 bits per heavy atom. The lowest BCUT2D eigenvalue weighted by atomic mass is 10.1. The van der Waals surface area contributed by atoms with Gasteiger partial charge in [-0.2, -0.15) is 0 Å². The third-order valence-corrected chi connectivity index (χ3v) is 6.12. The van der Waals surface area contributed by atoms with Crippen molar-refractivity contribution in [3.63, 3.8) is 0 Å². The fourth-order valence-electron chi connectivity index (χ4n) is 3.98. The van der Waals surface area contributed by atoms with E-state index in [0.717, 1.165) is 12.0 Å². The number of hydrogen-bond acceptors (Lipinski definition) is 4. The third kappa shape index (κ3) is 4.57. The molecule has 33 heavy (non-hydrogen) atoms. The summed E-state index contributed by atoms with van der Waals surface area (Å²) in [5.74, 6) is 0.988. The number of fused-ring (bicyclic) bond motifs is 1. The van der Waals surface area contributed by atoms with Gasteiger partial charge in [-0.25, -0.2) is 4.98 Å². The number of nitrogens with zero attached hydrogens (tertiary/aromatic N) is 3. The number of carbonyl (C=O) groups is 1. The molecule has 1 amide bonds. The fraction of sp³-hybridized carbons (Fsp3) is 0.269. The third-order valence-electron chi connectivity index (χ3n) is 5.88. The van der Waals surface area contributed by atoms with Crippen molar-refractivity contribution in [3.05, 3.63) is 98.9 Å². The summed E-state index contributed by atoms with van der Waals surface area (Å²) in [4.78, 5) is 33.3. The summed E-state index contributed by atoms with van der Waals surface area (Å²) >= 11 is 6.16. The first-order valence-corrected chi connectivity index (χ1v) is 11.4. The minimum Gasteiger partial charge on any atom is -0.467 e. The summed E-state index contributed by atoms with van der Waals surface area (Å²) in [6.07, 6.45) is 2.48. The Morgan fingerprint density at radius 3 is 2.55 bits per heavy atom. The van der Waals surface area contributed by atoms with Crippen LogP contribution in [0.5, 0.6) is 0 Å². The maximum atomic E-state index is 13.6. The van der Waals surface area contributed by atoms with Crippen LogP contribution in [0.15, 0.2) is 70.1 Å². The number of aromatic nitrogens is 2. The molecule has 1 atom stereocenters. The molecule has 0 aliphatic heterocycles. The molecule has 2 aromatic heterocycles. The normalized spacial score (nSPS) is 12.1. The number of benzene rings is 2. The highest BCUT2D eigenvalue weighted by atomic mass is 35.5. The van der Waals surface area contributed by atoms with E-state index in [0.29, 0.717) is 39.6 Å². The van der Waals surface area contributed by atoms with Crippen LogP contribution >= 0.6 is 11.6 Å². The van der Waals surface area contributed by atoms with E-state index < -0.39 is 6.04 Å². The lowest BCUT2D eigenvalue weighted by molar-refractivity contribution is 0.0646. The monoisotopic (exact) mass is 463 g/mol. The molecule has 0 fully saturated rings. The van der Waals surface area contributed by atoms with Crippen molar-refractivity contribution in [2.24, 2.45) is 0 Å². The van der Waals surface area contributed by atoms with E-state index in [4.69, 9.17) is 21.0 Å². The molecule has 0 N–H and O–H groups in total. The minimum absolute atomic E-state index is 0.154. The molecule has 0 saturated carbocycles. The summed E-state index contributed by atoms with van der Waals surface area (Å²) in [6.45, 7) is 6.52. The van der Waals surface area contributed by atoms with Crippen molar-refractivity contribution >= 4 is 28.4 Å². The predicted molar refractivity (Wildman–Crippen MR) is 130 cm³/mol. The summed E-state index contributed by atoms with van der Waals surface area (Å²) in [5.41, 5.74) is 2.08. The maximum Gasteiger partial charge on any atom is 0.261 e. The van der Waals surface area contributed by atoms with Crippen LogP contribution in [0.1, 0.15) is 54.3 Å². The van der Waals surface area contributed by atoms with Crippen LogP contribution in [0.2, 0.25) is 5.02 Å². The van der Waals surface area contributed by atoms with Crippen molar-refractivity contribution in [2.75, 3.05) is 0 Å². The number of amides is 1. The second-order valence-electron chi connectivity index (χ2n) is 7.92. The standard InChI is InChI=1S/C26H26ClN3O3/c1-4-18-8-10-19(11-9-18)25(31)30(16-21-7-6-14-33-21)17(3)24-28-23-15-20(27)12-13-22(23)26(32)29(24)5-2/h6-15,17H,4-5,16H2,1-3H3. The van der Waals surface area contributed by atoms with Gasteiger partial charge in [-0.1, -0.05) is 30.7 Å². The van der Waals surface area contributed by atoms with Gasteiger partial charge in [-0.05, 0) is 68.3 Å². The van der Waals surface area contributed by atoms with Gasteiger partial charge in [-0.3, -0.25) is 14.2 Å². The molecule has 0 spiro atoms. The summed E-state index contributed by atoms with van der Waals surface area (Å²) in [5, 5.41) is 0.998. The molecule has 0 radical (unpaired) electrons. The van der Waals surface area contributed by atoms with Gasteiger partial charge in [-0.15, -0.1) is 0 Å². The minimum atomic E-state index is -0.496. The van der Waals surface area contributed by atoms with E-state index in [9.17, 15) is 9.59 Å². The average molecular weight is 464 g/mol. The predicted octanol–water partition coefficient (Wildman–Crippen LogP) is 5.63. The van der Waals surface area contributed by atoms with E-state index in [2.05, 4.69) is 6.92 Å². The molecular weight excluding hydrogens is 438 g/mol. The van der Waals surface area contributed by atoms with Crippen LogP contribution in [0, 0.1) is 0 Å². The van der Waals surface area contributed by atoms with Gasteiger partial charge in [0.15, 0.2) is 0 Å². The molecule has 4 aromatic rings. The van der Waals surface area contributed by atoms with Gasteiger partial charge in [0, 0.05) is 17.1 Å². The van der Waals surface area contributed by atoms with E-state index in [1.54, 1.807) is 40.0 Å². The molecule has 2 aromatic carbocycles. The lowest BCUT2D eigenvalue weighted by Crippen LogP contribution is -2.37. The van der Waals surface area contributed by atoms with Gasteiger partial charge in [0.2, 0.25) is 0 Å². The van der Waals surface area contributed by atoms with Crippen molar-refractivity contribution in [3.8, 4) is 0 Å². The van der Waals surface area contributed by atoms with Gasteiger partial charge < -0.3 is 9.32 Å². The Labute approximate surface area is 197 Å². The Balaban J connectivity index is 1.82. The average Bonchev–Trinajstić information content (AvgIpc) is 3.35. The molecule has 6 nitrogen and oxygen atoms in total. The Kier molecular flexibility index (Phi) is 6.65. The Bertz CT molecular complexity index is 1330. The van der Waals surface area contributed by atoms with Gasteiger partial charge in [0.05, 0.1) is 29.8 Å². The SMILES string of the molecule is CCc1ccc(C(=O)N(Cc2ccco2)C(C)c2nc3cc(Cl)ccc3c(=O)n2CC)cc1. The fourth-order valence-corrected chi connectivity index (χ4v) is 4.15. The van der Waals surface area contributed by atoms with Crippen molar-refractivity contribution in [2.45, 2.75) is 46.3 Å². The van der Waals surface area contributed by atoms with Gasteiger partial charge in [0.25, 0.3) is 11.5 Å². The Hall–Kier alpha value is -3.38. The lowest BCUT2D eigenvalue weighted by Gasteiger charge is -2.30. The molecule has 0 bridgehead atoms. The smallest absolute Gasteiger partial charge is 0.261 e. The highest BCUT2D eigenvalue weighted by Crippen LogP contribution is 2.26. The van der Waals surface area contributed by atoms with Gasteiger partial charge >= 0.3 is 0 Å². The van der Waals surface area contributed by atoms with Crippen molar-refractivity contribution in [1.82, 2.24) is 14.5 Å². The van der Waals surface area contributed by atoms with Crippen molar-refractivity contribution < 1.29 is 9.21 Å². The summed E-state index contributed by atoms with van der Waals surface area (Å²) < 4.78 is 7.15. The largest absolute Gasteiger partial charge is 0.467 e. The highest BCUT2D eigenvalue weighted by Gasteiger charge is 2.28. The zero-order chi connectivity index (χ0) is 23.5. The van der Waals surface area contributed by atoms with Crippen LogP contribution in [0.4, 0.5) is 0 Å². The van der Waals surface area contributed by atoms with Gasteiger partial charge in [0.1, 0.15) is 11.6 Å². The van der Waals surface area contributed by atoms with Crippen LogP contribution in [-0.2, 0) is 19.5 Å². The van der Waals surface area contributed by atoms with Crippen molar-refractivity contribution in [1.29, 1.82) is 0 Å². The zero-order valence-corrected chi connectivity index (χ0v) is 19.7. The van der Waals surface area contributed by atoms with Crippen LogP contribution in [0.3, 0.4) is 0 Å². The number of carbonyl (C=O) groups excluding carboxylic acids is 1. The molecule has 1 unspecified atom stereocenters. The quantitative estimate of drug-likeness (QED) is 0.356. The second-order valence-corrected chi connectivity index (χ2v) is 8.36. The first-order valence-electron chi connectivity index (χ1n) is 11.0. The zero-order valence-electron chi connectivity index (χ0n) is 18.9. The van der Waals surface area contributed by atoms with Crippen LogP contribution in [-0.4, -0.2) is 20.4 Å². The van der Waals surface area contributed by atoms with E-state index in [1.807, 2.05) is 44.2 Å². The highest BCUT2D eigenvalue weighted by molar-refractivity contribution is 6.31.